The van der Waals surface area contributed by atoms with Crippen molar-refractivity contribution in [3.8, 4) is 5.69 Å². The summed E-state index contributed by atoms with van der Waals surface area (Å²) in [4.78, 5) is 16.8. The molecule has 0 radical (unpaired) electrons. The average Bonchev–Trinajstić information content (AvgIpc) is 2.60. The van der Waals surface area contributed by atoms with Gasteiger partial charge in [-0.3, -0.25) is 9.36 Å². The van der Waals surface area contributed by atoms with E-state index in [4.69, 9.17) is 0 Å². The molecular formula is C19H15F3N2OS. The SMILES string of the molecule is Cc1cc(=O)n(-c2ccccc2)c(SCc2cccc(C(F)(F)F)c2)n1. The molecule has 1 heterocycles. The first-order valence-corrected chi connectivity index (χ1v) is 8.78. The molecule has 0 fully saturated rings. The first-order valence-electron chi connectivity index (χ1n) is 7.79. The van der Waals surface area contributed by atoms with Crippen LogP contribution in [0.15, 0.2) is 70.6 Å². The summed E-state index contributed by atoms with van der Waals surface area (Å²) < 4.78 is 40.0. The van der Waals surface area contributed by atoms with Crippen LogP contribution < -0.4 is 5.56 Å². The zero-order valence-corrected chi connectivity index (χ0v) is 14.6. The molecule has 26 heavy (non-hydrogen) atoms. The maximum atomic E-state index is 12.9. The molecule has 0 saturated carbocycles. The van der Waals surface area contributed by atoms with Crippen molar-refractivity contribution < 1.29 is 13.2 Å². The molecule has 0 amide bonds. The highest BCUT2D eigenvalue weighted by Gasteiger charge is 2.30. The standard InChI is InChI=1S/C19H15F3N2OS/c1-13-10-17(25)24(16-8-3-2-4-9-16)18(23-13)26-12-14-6-5-7-15(11-14)19(20,21)22/h2-11H,12H2,1H3. The van der Waals surface area contributed by atoms with Crippen LogP contribution in [-0.2, 0) is 11.9 Å². The maximum Gasteiger partial charge on any atom is 0.416 e. The minimum atomic E-state index is -4.38. The fraction of sp³-hybridized carbons (Fsp3) is 0.158. The van der Waals surface area contributed by atoms with E-state index in [9.17, 15) is 18.0 Å². The van der Waals surface area contributed by atoms with Crippen LogP contribution in [0.1, 0.15) is 16.8 Å². The Kier molecular flexibility index (Phi) is 5.18. The van der Waals surface area contributed by atoms with Gasteiger partial charge in [-0.1, -0.05) is 48.2 Å². The molecule has 0 aliphatic carbocycles. The highest BCUT2D eigenvalue weighted by molar-refractivity contribution is 7.98. The van der Waals surface area contributed by atoms with Gasteiger partial charge in [-0.15, -0.1) is 0 Å². The predicted molar refractivity (Wildman–Crippen MR) is 95.6 cm³/mol. The predicted octanol–water partition coefficient (Wildman–Crippen LogP) is 4.85. The van der Waals surface area contributed by atoms with Crippen LogP contribution in [-0.4, -0.2) is 9.55 Å². The number of nitrogens with zero attached hydrogens (tertiary/aromatic N) is 2. The van der Waals surface area contributed by atoms with E-state index in [0.717, 1.165) is 12.1 Å². The average molecular weight is 376 g/mol. The maximum absolute atomic E-state index is 12.9. The fourth-order valence-corrected chi connectivity index (χ4v) is 3.48. The van der Waals surface area contributed by atoms with Crippen LogP contribution in [0.3, 0.4) is 0 Å². The van der Waals surface area contributed by atoms with Crippen LogP contribution in [0, 0.1) is 6.92 Å². The lowest BCUT2D eigenvalue weighted by Crippen LogP contribution is -2.21. The van der Waals surface area contributed by atoms with Gasteiger partial charge < -0.3 is 0 Å². The molecule has 2 aromatic carbocycles. The third kappa shape index (κ3) is 4.16. The van der Waals surface area contributed by atoms with Gasteiger partial charge in [0.1, 0.15) is 0 Å². The molecule has 0 spiro atoms. The molecule has 134 valence electrons. The van der Waals surface area contributed by atoms with Crippen LogP contribution in [0.2, 0.25) is 0 Å². The fourth-order valence-electron chi connectivity index (χ4n) is 2.47. The zero-order valence-electron chi connectivity index (χ0n) is 13.8. The third-order valence-electron chi connectivity index (χ3n) is 3.65. The van der Waals surface area contributed by atoms with E-state index in [-0.39, 0.29) is 11.3 Å². The van der Waals surface area contributed by atoms with E-state index >= 15 is 0 Å². The van der Waals surface area contributed by atoms with Crippen molar-refractivity contribution in [2.24, 2.45) is 0 Å². The Morgan fingerprint density at radius 3 is 2.46 bits per heavy atom. The molecule has 3 nitrogen and oxygen atoms in total. The normalized spacial score (nSPS) is 11.5. The second-order valence-corrected chi connectivity index (χ2v) is 6.62. The molecule has 0 aliphatic heterocycles. The molecule has 7 heteroatoms. The zero-order chi connectivity index (χ0) is 18.7. The smallest absolute Gasteiger partial charge is 0.269 e. The number of halogens is 3. The minimum absolute atomic E-state index is 0.227. The van der Waals surface area contributed by atoms with Gasteiger partial charge in [-0.05, 0) is 30.7 Å². The molecular weight excluding hydrogens is 361 g/mol. The summed E-state index contributed by atoms with van der Waals surface area (Å²) in [5.41, 5.74) is 0.828. The molecule has 0 aliphatic rings. The van der Waals surface area contributed by atoms with Crippen molar-refractivity contribution in [3.05, 3.63) is 87.8 Å². The molecule has 0 atom stereocenters. The van der Waals surface area contributed by atoms with E-state index in [2.05, 4.69) is 4.98 Å². The Balaban J connectivity index is 1.93. The Hall–Kier alpha value is -2.54. The first kappa shape index (κ1) is 18.3. The first-order chi connectivity index (χ1) is 12.3. The summed E-state index contributed by atoms with van der Waals surface area (Å²) in [6.07, 6.45) is -4.38. The van der Waals surface area contributed by atoms with Crippen LogP contribution in [0.4, 0.5) is 13.2 Å². The number of aromatic nitrogens is 2. The van der Waals surface area contributed by atoms with Crippen LogP contribution >= 0.6 is 11.8 Å². The van der Waals surface area contributed by atoms with E-state index in [1.165, 1.54) is 28.5 Å². The monoisotopic (exact) mass is 376 g/mol. The van der Waals surface area contributed by atoms with Crippen molar-refractivity contribution in [1.82, 2.24) is 9.55 Å². The molecule has 0 unspecified atom stereocenters. The number of alkyl halides is 3. The van der Waals surface area contributed by atoms with Gasteiger partial charge >= 0.3 is 6.18 Å². The topological polar surface area (TPSA) is 34.9 Å². The number of hydrogen-bond donors (Lipinski definition) is 0. The minimum Gasteiger partial charge on any atom is -0.269 e. The summed E-state index contributed by atoms with van der Waals surface area (Å²) in [5.74, 6) is 0.270. The van der Waals surface area contributed by atoms with Gasteiger partial charge in [-0.2, -0.15) is 13.2 Å². The number of benzene rings is 2. The number of para-hydroxylation sites is 1. The van der Waals surface area contributed by atoms with Crippen molar-refractivity contribution in [2.45, 2.75) is 24.0 Å². The number of hydrogen-bond acceptors (Lipinski definition) is 3. The summed E-state index contributed by atoms with van der Waals surface area (Å²) in [6, 6.07) is 15.6. The van der Waals surface area contributed by atoms with Crippen molar-refractivity contribution >= 4 is 11.8 Å². The molecule has 3 aromatic rings. The molecule has 0 saturated heterocycles. The lowest BCUT2D eigenvalue weighted by Gasteiger charge is -2.13. The number of aryl methyl sites for hydroxylation is 1. The second-order valence-electron chi connectivity index (χ2n) is 5.68. The summed E-state index contributed by atoms with van der Waals surface area (Å²) in [6.45, 7) is 1.71. The van der Waals surface area contributed by atoms with Gasteiger partial charge in [0.2, 0.25) is 0 Å². The van der Waals surface area contributed by atoms with Gasteiger partial charge in [-0.25, -0.2) is 4.98 Å². The van der Waals surface area contributed by atoms with Gasteiger partial charge in [0, 0.05) is 17.5 Å². The Morgan fingerprint density at radius 2 is 1.77 bits per heavy atom. The van der Waals surface area contributed by atoms with Crippen molar-refractivity contribution in [2.75, 3.05) is 0 Å². The Morgan fingerprint density at radius 1 is 1.04 bits per heavy atom. The van der Waals surface area contributed by atoms with E-state index in [1.807, 2.05) is 18.2 Å². The molecule has 3 rings (SSSR count). The highest BCUT2D eigenvalue weighted by Crippen LogP contribution is 2.31. The van der Waals surface area contributed by atoms with Gasteiger partial charge in [0.25, 0.3) is 5.56 Å². The van der Waals surface area contributed by atoms with Crippen LogP contribution in [0.5, 0.6) is 0 Å². The molecule has 0 bridgehead atoms. The number of rotatable bonds is 4. The van der Waals surface area contributed by atoms with Crippen molar-refractivity contribution in [3.63, 3.8) is 0 Å². The quantitative estimate of drug-likeness (QED) is 0.482. The largest absolute Gasteiger partial charge is 0.416 e. The third-order valence-corrected chi connectivity index (χ3v) is 4.66. The van der Waals surface area contributed by atoms with E-state index in [1.54, 1.807) is 25.1 Å². The summed E-state index contributed by atoms with van der Waals surface area (Å²) >= 11 is 1.23. The van der Waals surface area contributed by atoms with Crippen LogP contribution in [0.25, 0.3) is 5.69 Å². The van der Waals surface area contributed by atoms with E-state index in [0.29, 0.717) is 22.1 Å². The van der Waals surface area contributed by atoms with Gasteiger partial charge in [0.05, 0.1) is 11.3 Å². The lowest BCUT2D eigenvalue weighted by molar-refractivity contribution is -0.137. The Labute approximate surface area is 152 Å². The highest BCUT2D eigenvalue weighted by atomic mass is 32.2. The molecule has 1 aromatic heterocycles. The van der Waals surface area contributed by atoms with Crippen molar-refractivity contribution in [1.29, 1.82) is 0 Å². The number of thioether (sulfide) groups is 1. The lowest BCUT2D eigenvalue weighted by atomic mass is 10.1. The van der Waals surface area contributed by atoms with Gasteiger partial charge in [0.15, 0.2) is 5.16 Å². The summed E-state index contributed by atoms with van der Waals surface area (Å²) in [5, 5.41) is 0.443. The Bertz CT molecular complexity index is 969. The summed E-state index contributed by atoms with van der Waals surface area (Å²) in [7, 11) is 0. The second kappa shape index (κ2) is 7.37. The molecule has 0 N–H and O–H groups in total. The van der Waals surface area contributed by atoms with E-state index < -0.39 is 11.7 Å².